The van der Waals surface area contributed by atoms with Gasteiger partial charge in [0.2, 0.25) is 0 Å². The van der Waals surface area contributed by atoms with Crippen LogP contribution < -0.4 is 5.73 Å². The molecule has 1 rings (SSSR count). The first-order valence-electron chi connectivity index (χ1n) is 4.21. The lowest BCUT2D eigenvalue weighted by atomic mass is 10.0. The summed E-state index contributed by atoms with van der Waals surface area (Å²) in [5, 5.41) is 0. The van der Waals surface area contributed by atoms with Crippen LogP contribution in [0.25, 0.3) is 0 Å². The predicted octanol–water partition coefficient (Wildman–Crippen LogP) is 4.32. The molecule has 1 aromatic rings. The summed E-state index contributed by atoms with van der Waals surface area (Å²) in [7, 11) is 0. The zero-order valence-corrected chi connectivity index (χ0v) is 11.7. The lowest BCUT2D eigenvalue weighted by molar-refractivity contribution is 0.515. The molecule has 2 N–H and O–H groups in total. The summed E-state index contributed by atoms with van der Waals surface area (Å²) >= 11 is 8.63. The molecule has 1 nitrogen and oxygen atoms in total. The van der Waals surface area contributed by atoms with Crippen molar-refractivity contribution in [1.29, 1.82) is 0 Å². The van der Waals surface area contributed by atoms with Gasteiger partial charge in [-0.05, 0) is 50.3 Å². The third kappa shape index (κ3) is 3.35. The summed E-state index contributed by atoms with van der Waals surface area (Å²) in [5.41, 5.74) is 6.05. The fourth-order valence-corrected chi connectivity index (χ4v) is 3.27. The second-order valence-electron chi connectivity index (χ2n) is 3.51. The van der Waals surface area contributed by atoms with Gasteiger partial charge in [0.1, 0.15) is 0 Å². The van der Waals surface area contributed by atoms with Crippen molar-refractivity contribution in [3.05, 3.63) is 19.2 Å². The molecule has 0 amide bonds. The van der Waals surface area contributed by atoms with Gasteiger partial charge in [0.05, 0.1) is 3.79 Å². The van der Waals surface area contributed by atoms with Crippen LogP contribution >= 0.6 is 43.2 Å². The highest BCUT2D eigenvalue weighted by Crippen LogP contribution is 2.36. The average Bonchev–Trinajstić information content (AvgIpc) is 2.31. The number of hydrogen-bond acceptors (Lipinski definition) is 2. The Kier molecular flexibility index (Phi) is 4.42. The topological polar surface area (TPSA) is 26.0 Å². The first kappa shape index (κ1) is 11.7. The molecule has 0 aliphatic carbocycles. The summed E-state index contributed by atoms with van der Waals surface area (Å²) < 4.78 is 2.23. The van der Waals surface area contributed by atoms with Crippen molar-refractivity contribution < 1.29 is 0 Å². The van der Waals surface area contributed by atoms with Crippen molar-refractivity contribution in [2.45, 2.75) is 26.3 Å². The summed E-state index contributed by atoms with van der Waals surface area (Å²) in [6.07, 6.45) is 1.04. The van der Waals surface area contributed by atoms with Crippen LogP contribution in [0, 0.1) is 5.92 Å². The third-order valence-electron chi connectivity index (χ3n) is 1.75. The molecule has 0 saturated heterocycles. The van der Waals surface area contributed by atoms with Crippen molar-refractivity contribution in [1.82, 2.24) is 0 Å². The Balaban J connectivity index is 2.71. The fourth-order valence-electron chi connectivity index (χ4n) is 1.17. The zero-order valence-electron chi connectivity index (χ0n) is 7.68. The quantitative estimate of drug-likeness (QED) is 0.879. The average molecular weight is 327 g/mol. The second-order valence-corrected chi connectivity index (χ2v) is 6.76. The van der Waals surface area contributed by atoms with Crippen LogP contribution in [0.5, 0.6) is 0 Å². The van der Waals surface area contributed by atoms with Gasteiger partial charge in [-0.2, -0.15) is 0 Å². The van der Waals surface area contributed by atoms with E-state index in [9.17, 15) is 0 Å². The van der Waals surface area contributed by atoms with Crippen LogP contribution in [0.1, 0.15) is 31.2 Å². The normalized spacial score (nSPS) is 13.7. The summed E-state index contributed by atoms with van der Waals surface area (Å²) in [6.45, 7) is 4.38. The molecular weight excluding hydrogens is 314 g/mol. The van der Waals surface area contributed by atoms with Crippen molar-refractivity contribution in [2.75, 3.05) is 0 Å². The van der Waals surface area contributed by atoms with Gasteiger partial charge in [-0.15, -0.1) is 11.3 Å². The van der Waals surface area contributed by atoms with Crippen LogP contribution in [0.4, 0.5) is 0 Å². The first-order valence-corrected chi connectivity index (χ1v) is 6.61. The van der Waals surface area contributed by atoms with Crippen molar-refractivity contribution in [2.24, 2.45) is 11.7 Å². The van der Waals surface area contributed by atoms with Crippen molar-refractivity contribution in [3.8, 4) is 0 Å². The summed E-state index contributed by atoms with van der Waals surface area (Å²) in [5.74, 6) is 0.648. The molecule has 4 heteroatoms. The largest absolute Gasteiger partial charge is 0.323 e. The maximum Gasteiger partial charge on any atom is 0.0843 e. The highest BCUT2D eigenvalue weighted by atomic mass is 79.9. The molecular formula is C9H13Br2NS. The van der Waals surface area contributed by atoms with Crippen LogP contribution in [0.2, 0.25) is 0 Å². The highest BCUT2D eigenvalue weighted by molar-refractivity contribution is 9.13. The van der Waals surface area contributed by atoms with E-state index in [1.165, 1.54) is 4.88 Å². The molecule has 0 aliphatic rings. The van der Waals surface area contributed by atoms with Gasteiger partial charge in [0, 0.05) is 15.4 Å². The molecule has 0 aromatic carbocycles. The number of hydrogen-bond donors (Lipinski definition) is 1. The third-order valence-corrected chi connectivity index (χ3v) is 5.14. The van der Waals surface area contributed by atoms with Crippen LogP contribution in [-0.2, 0) is 0 Å². The molecule has 0 radical (unpaired) electrons. The molecule has 0 spiro atoms. The molecule has 1 atom stereocenters. The van der Waals surface area contributed by atoms with E-state index in [4.69, 9.17) is 5.73 Å². The van der Waals surface area contributed by atoms with Gasteiger partial charge in [-0.1, -0.05) is 13.8 Å². The van der Waals surface area contributed by atoms with Crippen molar-refractivity contribution >= 4 is 43.2 Å². The minimum Gasteiger partial charge on any atom is -0.323 e. The molecule has 0 aliphatic heterocycles. The Morgan fingerprint density at radius 2 is 2.08 bits per heavy atom. The monoisotopic (exact) mass is 325 g/mol. The van der Waals surface area contributed by atoms with Gasteiger partial charge < -0.3 is 5.73 Å². The maximum atomic E-state index is 6.05. The SMILES string of the molecule is CC(C)C[C@H](N)c1cc(Br)c(Br)s1. The minimum atomic E-state index is 0.174. The zero-order chi connectivity index (χ0) is 10.0. The van der Waals surface area contributed by atoms with E-state index in [1.807, 2.05) is 0 Å². The lowest BCUT2D eigenvalue weighted by Crippen LogP contribution is -2.11. The van der Waals surface area contributed by atoms with E-state index in [-0.39, 0.29) is 6.04 Å². The molecule has 13 heavy (non-hydrogen) atoms. The fraction of sp³-hybridized carbons (Fsp3) is 0.556. The molecule has 1 aromatic heterocycles. The van der Waals surface area contributed by atoms with Crippen LogP contribution in [-0.4, -0.2) is 0 Å². The molecule has 0 fully saturated rings. The van der Waals surface area contributed by atoms with Gasteiger partial charge >= 0.3 is 0 Å². The van der Waals surface area contributed by atoms with Gasteiger partial charge in [0.15, 0.2) is 0 Å². The van der Waals surface area contributed by atoms with E-state index in [2.05, 4.69) is 51.8 Å². The first-order chi connectivity index (χ1) is 6.00. The van der Waals surface area contributed by atoms with E-state index in [1.54, 1.807) is 11.3 Å². The van der Waals surface area contributed by atoms with Crippen LogP contribution in [0.15, 0.2) is 14.3 Å². The predicted molar refractivity (Wildman–Crippen MR) is 66.1 cm³/mol. The van der Waals surface area contributed by atoms with Crippen molar-refractivity contribution in [3.63, 3.8) is 0 Å². The minimum absolute atomic E-state index is 0.174. The molecule has 1 heterocycles. The Bertz CT molecular complexity index is 264. The number of rotatable bonds is 3. The van der Waals surface area contributed by atoms with E-state index >= 15 is 0 Å². The van der Waals surface area contributed by atoms with E-state index in [0.29, 0.717) is 5.92 Å². The molecule has 74 valence electrons. The van der Waals surface area contributed by atoms with Crippen LogP contribution in [0.3, 0.4) is 0 Å². The van der Waals surface area contributed by atoms with Gasteiger partial charge in [0.25, 0.3) is 0 Å². The Labute approximate surface area is 100.0 Å². The maximum absolute atomic E-state index is 6.05. The lowest BCUT2D eigenvalue weighted by Gasteiger charge is -2.11. The second kappa shape index (κ2) is 4.91. The number of thiophene rings is 1. The smallest absolute Gasteiger partial charge is 0.0843 e. The highest BCUT2D eigenvalue weighted by Gasteiger charge is 2.12. The Hall–Kier alpha value is 0.620. The van der Waals surface area contributed by atoms with Gasteiger partial charge in [-0.25, -0.2) is 0 Å². The number of halogens is 2. The summed E-state index contributed by atoms with van der Waals surface area (Å²) in [4.78, 5) is 1.24. The standard InChI is InChI=1S/C9H13Br2NS/c1-5(2)3-7(12)8-4-6(10)9(11)13-8/h4-5,7H,3,12H2,1-2H3/t7-/m0/s1. The molecule has 0 bridgehead atoms. The molecule has 0 unspecified atom stereocenters. The molecule has 0 saturated carbocycles. The van der Waals surface area contributed by atoms with E-state index < -0.39 is 0 Å². The summed E-state index contributed by atoms with van der Waals surface area (Å²) in [6, 6.07) is 2.27. The Morgan fingerprint density at radius 1 is 1.46 bits per heavy atom. The van der Waals surface area contributed by atoms with E-state index in [0.717, 1.165) is 14.7 Å². The number of nitrogens with two attached hydrogens (primary N) is 1. The van der Waals surface area contributed by atoms with Gasteiger partial charge in [-0.3, -0.25) is 0 Å². The Morgan fingerprint density at radius 3 is 2.46 bits per heavy atom.